The first kappa shape index (κ1) is 38.3. The van der Waals surface area contributed by atoms with Gasteiger partial charge in [0, 0.05) is 44.2 Å². The Labute approximate surface area is 334 Å². The topological polar surface area (TPSA) is 31.4 Å². The highest BCUT2D eigenvalue weighted by molar-refractivity contribution is 5.90. The predicted molar refractivity (Wildman–Crippen MR) is 235 cm³/mol. The van der Waals surface area contributed by atoms with E-state index in [4.69, 9.17) is 14.5 Å². The lowest BCUT2D eigenvalue weighted by atomic mass is 9.75. The molecule has 0 amide bonds. The lowest BCUT2D eigenvalue weighted by Gasteiger charge is -2.30. The average molecular weight is 736 g/mol. The Balaban J connectivity index is 1.40. The van der Waals surface area contributed by atoms with Crippen LogP contribution in [-0.4, -0.2) is 19.2 Å². The SMILES string of the molecule is COc1c(-c2ccc(C)cc2-c2cccc(-c3cc(C)ccc3-c3cc(C)cc(C(C)(C)c4ccccc4)c3OC)n2)cc(C)cc1C(C)(C)c1ccccc1. The highest BCUT2D eigenvalue weighted by atomic mass is 16.5. The van der Waals surface area contributed by atoms with Crippen molar-refractivity contribution in [2.75, 3.05) is 14.2 Å². The molecule has 0 spiro atoms. The number of hydrogen-bond donors (Lipinski definition) is 0. The van der Waals surface area contributed by atoms with Crippen molar-refractivity contribution in [3.8, 4) is 56.3 Å². The van der Waals surface area contributed by atoms with Crippen LogP contribution in [0.5, 0.6) is 11.5 Å². The third kappa shape index (κ3) is 7.15. The molecule has 0 saturated heterocycles. The monoisotopic (exact) mass is 735 g/mol. The maximum atomic E-state index is 6.35. The largest absolute Gasteiger partial charge is 0.496 e. The second-order valence-corrected chi connectivity index (χ2v) is 16.3. The third-order valence-corrected chi connectivity index (χ3v) is 11.4. The highest BCUT2D eigenvalue weighted by Gasteiger charge is 2.31. The molecule has 3 heteroatoms. The van der Waals surface area contributed by atoms with Crippen LogP contribution in [0.25, 0.3) is 44.8 Å². The maximum absolute atomic E-state index is 6.35. The molecule has 0 N–H and O–H groups in total. The van der Waals surface area contributed by atoms with Gasteiger partial charge < -0.3 is 9.47 Å². The van der Waals surface area contributed by atoms with Crippen LogP contribution >= 0.6 is 0 Å². The van der Waals surface area contributed by atoms with Gasteiger partial charge in [0.25, 0.3) is 0 Å². The molecular weight excluding hydrogens is 683 g/mol. The van der Waals surface area contributed by atoms with E-state index < -0.39 is 0 Å². The van der Waals surface area contributed by atoms with Crippen LogP contribution in [-0.2, 0) is 10.8 Å². The average Bonchev–Trinajstić information content (AvgIpc) is 3.20. The quantitative estimate of drug-likeness (QED) is 0.140. The Bertz CT molecular complexity index is 2360. The molecule has 0 radical (unpaired) electrons. The minimum atomic E-state index is -0.287. The Hall–Kier alpha value is -5.93. The minimum Gasteiger partial charge on any atom is -0.496 e. The van der Waals surface area contributed by atoms with Gasteiger partial charge in [0.2, 0.25) is 0 Å². The Morgan fingerprint density at radius 3 is 1.12 bits per heavy atom. The summed E-state index contributed by atoms with van der Waals surface area (Å²) in [4.78, 5) is 5.48. The number of rotatable bonds is 10. The molecule has 3 nitrogen and oxygen atoms in total. The van der Waals surface area contributed by atoms with Gasteiger partial charge in [-0.25, -0.2) is 4.98 Å². The number of aromatic nitrogens is 1. The summed E-state index contributed by atoms with van der Waals surface area (Å²) in [5.41, 5.74) is 17.1. The number of benzene rings is 6. The van der Waals surface area contributed by atoms with Gasteiger partial charge in [0.15, 0.2) is 0 Å². The summed E-state index contributed by atoms with van der Waals surface area (Å²) in [7, 11) is 3.58. The fraction of sp³-hybridized carbons (Fsp3) is 0.226. The molecule has 1 heterocycles. The molecule has 7 aromatic rings. The van der Waals surface area contributed by atoms with E-state index >= 15 is 0 Å². The molecule has 0 aliphatic rings. The molecule has 0 atom stereocenters. The van der Waals surface area contributed by atoms with Crippen molar-refractivity contribution >= 4 is 0 Å². The molecule has 0 bridgehead atoms. The smallest absolute Gasteiger partial charge is 0.130 e. The number of hydrogen-bond acceptors (Lipinski definition) is 3. The fourth-order valence-electron chi connectivity index (χ4n) is 8.28. The zero-order chi connectivity index (χ0) is 39.8. The second kappa shape index (κ2) is 15.3. The van der Waals surface area contributed by atoms with Gasteiger partial charge in [-0.1, -0.05) is 142 Å². The maximum Gasteiger partial charge on any atom is 0.130 e. The van der Waals surface area contributed by atoms with Crippen molar-refractivity contribution in [3.63, 3.8) is 0 Å². The molecule has 0 unspecified atom stereocenters. The summed E-state index contributed by atoms with van der Waals surface area (Å²) in [5, 5.41) is 0. The molecule has 0 fully saturated rings. The van der Waals surface area contributed by atoms with Gasteiger partial charge in [-0.15, -0.1) is 0 Å². The summed E-state index contributed by atoms with van der Waals surface area (Å²) in [6, 6.07) is 50.1. The number of aryl methyl sites for hydroxylation is 4. The van der Waals surface area contributed by atoms with Crippen LogP contribution in [0.2, 0.25) is 0 Å². The van der Waals surface area contributed by atoms with Crippen LogP contribution in [0.15, 0.2) is 140 Å². The summed E-state index contributed by atoms with van der Waals surface area (Å²) in [5.74, 6) is 1.76. The summed E-state index contributed by atoms with van der Waals surface area (Å²) < 4.78 is 12.7. The van der Waals surface area contributed by atoms with Gasteiger partial charge in [-0.3, -0.25) is 0 Å². The lowest BCUT2D eigenvalue weighted by molar-refractivity contribution is 0.402. The summed E-state index contributed by atoms with van der Waals surface area (Å²) in [6.45, 7) is 17.7. The van der Waals surface area contributed by atoms with E-state index in [0.717, 1.165) is 67.4 Å². The van der Waals surface area contributed by atoms with Crippen molar-refractivity contribution < 1.29 is 9.47 Å². The third-order valence-electron chi connectivity index (χ3n) is 11.4. The summed E-state index contributed by atoms with van der Waals surface area (Å²) >= 11 is 0. The molecule has 0 aliphatic heterocycles. The van der Waals surface area contributed by atoms with Crippen LogP contribution < -0.4 is 9.47 Å². The number of nitrogens with zero attached hydrogens (tertiary/aromatic N) is 1. The normalized spacial score (nSPS) is 11.8. The lowest BCUT2D eigenvalue weighted by Crippen LogP contribution is -2.20. The van der Waals surface area contributed by atoms with E-state index in [2.05, 4.69) is 195 Å². The molecule has 1 aromatic heterocycles. The van der Waals surface area contributed by atoms with Crippen LogP contribution in [0.1, 0.15) is 72.2 Å². The van der Waals surface area contributed by atoms with E-state index in [0.29, 0.717) is 0 Å². The Morgan fingerprint density at radius 1 is 0.375 bits per heavy atom. The van der Waals surface area contributed by atoms with E-state index in [-0.39, 0.29) is 10.8 Å². The number of methoxy groups -OCH3 is 2. The predicted octanol–water partition coefficient (Wildman–Crippen LogP) is 13.7. The van der Waals surface area contributed by atoms with Crippen LogP contribution in [0, 0.1) is 27.7 Å². The molecule has 282 valence electrons. The molecule has 0 aliphatic carbocycles. The van der Waals surface area contributed by atoms with Crippen molar-refractivity contribution in [2.45, 2.75) is 66.2 Å². The Kier molecular flexibility index (Phi) is 10.5. The zero-order valence-electron chi connectivity index (χ0n) is 34.5. The van der Waals surface area contributed by atoms with Gasteiger partial charge in [-0.2, -0.15) is 0 Å². The van der Waals surface area contributed by atoms with Crippen LogP contribution in [0.4, 0.5) is 0 Å². The minimum absolute atomic E-state index is 0.287. The van der Waals surface area contributed by atoms with Crippen LogP contribution in [0.3, 0.4) is 0 Å². The van der Waals surface area contributed by atoms with Gasteiger partial charge >= 0.3 is 0 Å². The van der Waals surface area contributed by atoms with Gasteiger partial charge in [0.05, 0.1) is 25.6 Å². The first-order valence-electron chi connectivity index (χ1n) is 19.5. The Morgan fingerprint density at radius 2 is 0.750 bits per heavy atom. The fourth-order valence-corrected chi connectivity index (χ4v) is 8.28. The zero-order valence-corrected chi connectivity index (χ0v) is 34.5. The van der Waals surface area contributed by atoms with E-state index in [9.17, 15) is 0 Å². The molecule has 7 rings (SSSR count). The standard InChI is InChI=1S/C53H53NO2/c1-34-24-26-40(44-30-36(3)32-46(50(44)55-9)52(5,6)38-18-13-11-14-19-38)42(28-34)48-22-17-23-49(54-48)43-29-35(2)25-27-41(43)45-31-37(4)33-47(51(45)56-10)53(7,8)39-20-15-12-16-21-39/h11-33H,1-10H3. The van der Waals surface area contributed by atoms with E-state index in [1.165, 1.54) is 33.4 Å². The van der Waals surface area contributed by atoms with Gasteiger partial charge in [-0.05, 0) is 97.5 Å². The molecule has 0 saturated carbocycles. The van der Waals surface area contributed by atoms with Crippen molar-refractivity contribution in [3.05, 3.63) is 184 Å². The number of ether oxygens (including phenoxy) is 2. The number of pyridine rings is 1. The van der Waals surface area contributed by atoms with E-state index in [1.807, 2.05) is 0 Å². The van der Waals surface area contributed by atoms with Crippen molar-refractivity contribution in [2.24, 2.45) is 0 Å². The molecular formula is C53H53NO2. The summed E-state index contributed by atoms with van der Waals surface area (Å²) in [6.07, 6.45) is 0. The van der Waals surface area contributed by atoms with Crippen molar-refractivity contribution in [1.29, 1.82) is 0 Å². The second-order valence-electron chi connectivity index (χ2n) is 16.3. The van der Waals surface area contributed by atoms with Gasteiger partial charge in [0.1, 0.15) is 11.5 Å². The molecule has 6 aromatic carbocycles. The first-order valence-corrected chi connectivity index (χ1v) is 19.5. The molecule has 56 heavy (non-hydrogen) atoms. The van der Waals surface area contributed by atoms with Crippen molar-refractivity contribution in [1.82, 2.24) is 4.98 Å². The highest BCUT2D eigenvalue weighted by Crippen LogP contribution is 2.48. The van der Waals surface area contributed by atoms with E-state index in [1.54, 1.807) is 14.2 Å². The first-order chi connectivity index (χ1) is 26.8.